The second-order valence-electron chi connectivity index (χ2n) is 10.7. The molecule has 11 heteroatoms. The first-order valence-corrected chi connectivity index (χ1v) is 13.9. The van der Waals surface area contributed by atoms with Crippen LogP contribution >= 0.6 is 12.4 Å². The number of hydrogen-bond donors (Lipinski definition) is 1. The molecule has 0 atom stereocenters. The molecule has 0 aliphatic carbocycles. The van der Waals surface area contributed by atoms with Crippen molar-refractivity contribution in [3.8, 4) is 11.1 Å². The van der Waals surface area contributed by atoms with Crippen molar-refractivity contribution in [2.24, 2.45) is 0 Å². The molecule has 3 aromatic heterocycles. The molecule has 2 aromatic carbocycles. The molecule has 5 heterocycles. The average Bonchev–Trinajstić information content (AvgIpc) is 3.71. The number of nitrogens with zero attached hydrogens (tertiary/aromatic N) is 6. The van der Waals surface area contributed by atoms with E-state index in [0.29, 0.717) is 42.7 Å². The molecule has 0 radical (unpaired) electrons. The van der Waals surface area contributed by atoms with E-state index in [1.807, 2.05) is 50.6 Å². The summed E-state index contributed by atoms with van der Waals surface area (Å²) >= 11 is 0. The summed E-state index contributed by atoms with van der Waals surface area (Å²) in [6, 6.07) is 14.4. The topological polar surface area (TPSA) is 92.1 Å². The van der Waals surface area contributed by atoms with Gasteiger partial charge in [-0.05, 0) is 43.9 Å². The number of amides is 1. The summed E-state index contributed by atoms with van der Waals surface area (Å²) in [5, 5.41) is 0.778. The summed E-state index contributed by atoms with van der Waals surface area (Å²) in [4.78, 5) is 42.4. The van der Waals surface area contributed by atoms with Crippen LogP contribution in [0.3, 0.4) is 0 Å². The molecule has 2 saturated heterocycles. The number of aromatic amines is 1. The van der Waals surface area contributed by atoms with Gasteiger partial charge in [0.25, 0.3) is 0 Å². The molecule has 1 amide bonds. The number of nitrogens with one attached hydrogen (secondary N) is 1. The number of anilines is 1. The van der Waals surface area contributed by atoms with Gasteiger partial charge in [-0.3, -0.25) is 9.36 Å². The van der Waals surface area contributed by atoms with Gasteiger partial charge in [0.2, 0.25) is 5.91 Å². The van der Waals surface area contributed by atoms with Crippen LogP contribution in [0.25, 0.3) is 33.2 Å². The zero-order valence-electron chi connectivity index (χ0n) is 22.5. The minimum atomic E-state index is -0.321. The maximum Gasteiger partial charge on any atom is 0.326 e. The van der Waals surface area contributed by atoms with E-state index in [1.54, 1.807) is 12.1 Å². The molecule has 212 valence electrons. The number of imidazole rings is 1. The number of piperidine rings is 1. The molecule has 2 aliphatic rings. The molecule has 0 bridgehead atoms. The lowest BCUT2D eigenvalue weighted by Gasteiger charge is -2.32. The van der Waals surface area contributed by atoms with E-state index in [4.69, 9.17) is 0 Å². The van der Waals surface area contributed by atoms with Crippen molar-refractivity contribution in [2.75, 3.05) is 31.1 Å². The minimum absolute atomic E-state index is 0. The first-order valence-electron chi connectivity index (χ1n) is 13.9. The van der Waals surface area contributed by atoms with Crippen LogP contribution in [-0.2, 0) is 11.3 Å². The normalized spacial score (nSPS) is 16.0. The highest BCUT2D eigenvalue weighted by Gasteiger charge is 2.28. The Morgan fingerprint density at radius 3 is 2.46 bits per heavy atom. The van der Waals surface area contributed by atoms with E-state index in [-0.39, 0.29) is 42.4 Å². The monoisotopic (exact) mass is 575 g/mol. The van der Waals surface area contributed by atoms with Crippen LogP contribution in [0.4, 0.5) is 10.2 Å². The number of likely N-dealkylation sites (tertiary alicyclic amines) is 1. The Bertz CT molecular complexity index is 1780. The third-order valence-corrected chi connectivity index (χ3v) is 8.32. The maximum absolute atomic E-state index is 15.0. The molecule has 0 unspecified atom stereocenters. The quantitative estimate of drug-likeness (QED) is 0.326. The summed E-state index contributed by atoms with van der Waals surface area (Å²) in [5.41, 5.74) is 3.40. The predicted octanol–water partition coefficient (Wildman–Crippen LogP) is 4.77. The van der Waals surface area contributed by atoms with Crippen LogP contribution in [0, 0.1) is 5.82 Å². The van der Waals surface area contributed by atoms with Crippen LogP contribution in [0.15, 0.2) is 65.8 Å². The summed E-state index contributed by atoms with van der Waals surface area (Å²) in [7, 11) is 0. The van der Waals surface area contributed by atoms with Crippen LogP contribution in [-0.4, -0.2) is 61.1 Å². The smallest absolute Gasteiger partial charge is 0.326 e. The Morgan fingerprint density at radius 2 is 1.68 bits per heavy atom. The lowest BCUT2D eigenvalue weighted by Crippen LogP contribution is -2.41. The number of aromatic nitrogens is 5. The highest BCUT2D eigenvalue weighted by molar-refractivity contribution is 6.02. The zero-order valence-corrected chi connectivity index (χ0v) is 23.3. The van der Waals surface area contributed by atoms with E-state index in [9.17, 15) is 14.0 Å². The SMILES string of the molecule is Cl.O=C(Cn1cc(-c2ccccc2F)c2c(N3CCCC3)ncnc21)N1CCC(n2c(=O)[nH]c3ccccc32)CC1. The second kappa shape index (κ2) is 11.0. The first-order chi connectivity index (χ1) is 19.6. The third kappa shape index (κ3) is 4.76. The summed E-state index contributed by atoms with van der Waals surface area (Å²) in [5.74, 6) is 0.443. The van der Waals surface area contributed by atoms with Gasteiger partial charge < -0.3 is 19.4 Å². The van der Waals surface area contributed by atoms with E-state index >= 15 is 0 Å². The number of carbonyl (C=O) groups excluding carboxylic acids is 1. The van der Waals surface area contributed by atoms with E-state index in [0.717, 1.165) is 48.2 Å². The minimum Gasteiger partial charge on any atom is -0.356 e. The number of fused-ring (bicyclic) bond motifs is 2. The number of para-hydroxylation sites is 2. The van der Waals surface area contributed by atoms with Crippen molar-refractivity contribution in [1.29, 1.82) is 0 Å². The van der Waals surface area contributed by atoms with E-state index in [2.05, 4.69) is 19.9 Å². The lowest BCUT2D eigenvalue weighted by molar-refractivity contribution is -0.133. The third-order valence-electron chi connectivity index (χ3n) is 8.32. The highest BCUT2D eigenvalue weighted by atomic mass is 35.5. The standard InChI is InChI=1S/C30H30FN7O2.ClH/c31-23-8-2-1-7-21(23)22-17-37(29-27(22)28(32-19-33-29)36-13-5-6-14-36)18-26(39)35-15-11-20(12-16-35)38-25-10-4-3-9-24(25)34-30(38)40;/h1-4,7-10,17,19-20H,5-6,11-16,18H2,(H,34,40);1H. The average molecular weight is 576 g/mol. The molecular weight excluding hydrogens is 545 g/mol. The molecule has 9 nitrogen and oxygen atoms in total. The van der Waals surface area contributed by atoms with Gasteiger partial charge in [-0.2, -0.15) is 0 Å². The number of hydrogen-bond acceptors (Lipinski definition) is 5. The Hall–Kier alpha value is -4.18. The van der Waals surface area contributed by atoms with Crippen LogP contribution < -0.4 is 10.6 Å². The van der Waals surface area contributed by atoms with E-state index in [1.165, 1.54) is 12.4 Å². The molecule has 0 spiro atoms. The number of carbonyl (C=O) groups is 1. The predicted molar refractivity (Wildman–Crippen MR) is 159 cm³/mol. The fraction of sp³-hybridized carbons (Fsp3) is 0.333. The Labute approximate surface area is 242 Å². The van der Waals surface area contributed by atoms with Gasteiger partial charge >= 0.3 is 5.69 Å². The fourth-order valence-electron chi connectivity index (χ4n) is 6.34. The molecular formula is C30H31ClFN7O2. The fourth-order valence-corrected chi connectivity index (χ4v) is 6.34. The Balaban J connectivity index is 0.00000302. The van der Waals surface area contributed by atoms with Crippen molar-refractivity contribution < 1.29 is 9.18 Å². The number of benzene rings is 2. The van der Waals surface area contributed by atoms with Gasteiger partial charge in [-0.1, -0.05) is 30.3 Å². The van der Waals surface area contributed by atoms with Gasteiger partial charge in [-0.25, -0.2) is 19.2 Å². The lowest BCUT2D eigenvalue weighted by atomic mass is 10.0. The van der Waals surface area contributed by atoms with Gasteiger partial charge in [-0.15, -0.1) is 12.4 Å². The molecule has 7 rings (SSSR count). The number of rotatable bonds is 5. The molecule has 5 aromatic rings. The largest absolute Gasteiger partial charge is 0.356 e. The Morgan fingerprint density at radius 1 is 0.951 bits per heavy atom. The van der Waals surface area contributed by atoms with Gasteiger partial charge in [0.15, 0.2) is 0 Å². The van der Waals surface area contributed by atoms with Crippen LogP contribution in [0.2, 0.25) is 0 Å². The van der Waals surface area contributed by atoms with Gasteiger partial charge in [0.05, 0.1) is 16.4 Å². The van der Waals surface area contributed by atoms with Gasteiger partial charge in [0.1, 0.15) is 30.2 Å². The summed E-state index contributed by atoms with van der Waals surface area (Å²) < 4.78 is 18.6. The maximum atomic E-state index is 15.0. The molecule has 2 aliphatic heterocycles. The summed E-state index contributed by atoms with van der Waals surface area (Å²) in [6.07, 6.45) is 6.93. The Kier molecular flexibility index (Phi) is 7.25. The highest BCUT2D eigenvalue weighted by Crippen LogP contribution is 2.37. The van der Waals surface area contributed by atoms with Crippen molar-refractivity contribution in [3.05, 3.63) is 77.4 Å². The first kappa shape index (κ1) is 27.0. The zero-order chi connectivity index (χ0) is 27.2. The molecule has 2 fully saturated rings. The number of H-pyrrole nitrogens is 1. The van der Waals surface area contributed by atoms with Crippen molar-refractivity contribution in [2.45, 2.75) is 38.3 Å². The van der Waals surface area contributed by atoms with Gasteiger partial charge in [0, 0.05) is 49.5 Å². The number of halogens is 2. The van der Waals surface area contributed by atoms with E-state index < -0.39 is 0 Å². The molecule has 0 saturated carbocycles. The van der Waals surface area contributed by atoms with Crippen LogP contribution in [0.1, 0.15) is 31.7 Å². The molecule has 1 N–H and O–H groups in total. The van der Waals surface area contributed by atoms with Crippen molar-refractivity contribution in [1.82, 2.24) is 29.0 Å². The van der Waals surface area contributed by atoms with Crippen LogP contribution in [0.5, 0.6) is 0 Å². The summed E-state index contributed by atoms with van der Waals surface area (Å²) in [6.45, 7) is 2.99. The molecule has 41 heavy (non-hydrogen) atoms. The van der Waals surface area contributed by atoms with Crippen molar-refractivity contribution in [3.63, 3.8) is 0 Å². The second-order valence-corrected chi connectivity index (χ2v) is 10.7. The van der Waals surface area contributed by atoms with Crippen molar-refractivity contribution >= 4 is 46.2 Å².